The highest BCUT2D eigenvalue weighted by Gasteiger charge is 2.27. The lowest BCUT2D eigenvalue weighted by Gasteiger charge is -2.37. The van der Waals surface area contributed by atoms with Gasteiger partial charge in [0.2, 0.25) is 0 Å². The van der Waals surface area contributed by atoms with Gasteiger partial charge < -0.3 is 20.2 Å². The van der Waals surface area contributed by atoms with E-state index in [4.69, 9.17) is 0 Å². The van der Waals surface area contributed by atoms with Crippen molar-refractivity contribution in [1.29, 1.82) is 0 Å². The molecule has 5 nitrogen and oxygen atoms in total. The van der Waals surface area contributed by atoms with Crippen molar-refractivity contribution >= 4 is 6.03 Å². The molecule has 3 aliphatic rings. The van der Waals surface area contributed by atoms with Crippen molar-refractivity contribution in [2.24, 2.45) is 11.8 Å². The van der Waals surface area contributed by atoms with Crippen LogP contribution in [0, 0.1) is 11.8 Å². The first-order valence-electron chi connectivity index (χ1n) is 10.1. The van der Waals surface area contributed by atoms with Crippen LogP contribution in [0.3, 0.4) is 0 Å². The van der Waals surface area contributed by atoms with Gasteiger partial charge in [0.1, 0.15) is 0 Å². The van der Waals surface area contributed by atoms with Crippen LogP contribution in [0.25, 0.3) is 0 Å². The van der Waals surface area contributed by atoms with Crippen molar-refractivity contribution in [3.63, 3.8) is 0 Å². The van der Waals surface area contributed by atoms with Crippen molar-refractivity contribution in [2.45, 2.75) is 63.8 Å². The van der Waals surface area contributed by atoms with Gasteiger partial charge in [0.25, 0.3) is 0 Å². The van der Waals surface area contributed by atoms with Crippen molar-refractivity contribution in [2.75, 3.05) is 39.3 Å². The predicted molar refractivity (Wildman–Crippen MR) is 96.0 cm³/mol. The van der Waals surface area contributed by atoms with Crippen molar-refractivity contribution in [3.05, 3.63) is 0 Å². The number of likely N-dealkylation sites (tertiary alicyclic amines) is 2. The molecule has 0 atom stereocenters. The highest BCUT2D eigenvalue weighted by atomic mass is 16.3. The summed E-state index contributed by atoms with van der Waals surface area (Å²) in [6.07, 6.45) is 11.2. The summed E-state index contributed by atoms with van der Waals surface area (Å²) in [6, 6.07) is 0.452. The molecule has 3 fully saturated rings. The summed E-state index contributed by atoms with van der Waals surface area (Å²) in [5.41, 5.74) is 0. The molecule has 0 aromatic carbocycles. The summed E-state index contributed by atoms with van der Waals surface area (Å²) in [4.78, 5) is 16.9. The van der Waals surface area contributed by atoms with Crippen LogP contribution < -0.4 is 5.32 Å². The third-order valence-electron chi connectivity index (χ3n) is 6.32. The summed E-state index contributed by atoms with van der Waals surface area (Å²) in [7, 11) is 0. The molecule has 0 radical (unpaired) electrons. The maximum absolute atomic E-state index is 12.4. The number of urea groups is 1. The second-order valence-electron chi connectivity index (χ2n) is 8.14. The van der Waals surface area contributed by atoms with Crippen LogP contribution in [0.5, 0.6) is 0 Å². The fraction of sp³-hybridized carbons (Fsp3) is 0.947. The molecule has 24 heavy (non-hydrogen) atoms. The number of nitrogens with zero attached hydrogens (tertiary/aromatic N) is 2. The first kappa shape index (κ1) is 18.0. The first-order valence-corrected chi connectivity index (χ1v) is 10.1. The topological polar surface area (TPSA) is 55.8 Å². The van der Waals surface area contributed by atoms with E-state index in [0.717, 1.165) is 57.8 Å². The largest absolute Gasteiger partial charge is 0.396 e. The average molecular weight is 338 g/mol. The Morgan fingerprint density at radius 2 is 1.54 bits per heavy atom. The minimum Gasteiger partial charge on any atom is -0.396 e. The second kappa shape index (κ2) is 9.04. The van der Waals surface area contributed by atoms with Crippen molar-refractivity contribution < 1.29 is 9.90 Å². The standard InChI is InChI=1S/C19H35N3O2/c23-15-17-6-12-22(13-7-17)19(24)20-18-8-10-21(11-9-18)14-16-4-2-1-3-5-16/h16-18,23H,1-15H2,(H,20,24). The second-order valence-corrected chi connectivity index (χ2v) is 8.14. The number of piperidine rings is 2. The van der Waals surface area contributed by atoms with Crippen LogP contribution in [0.15, 0.2) is 0 Å². The van der Waals surface area contributed by atoms with E-state index in [1.165, 1.54) is 38.6 Å². The van der Waals surface area contributed by atoms with Crippen molar-refractivity contribution in [3.8, 4) is 0 Å². The number of aliphatic hydroxyl groups excluding tert-OH is 1. The Hall–Kier alpha value is -0.810. The van der Waals surface area contributed by atoms with Gasteiger partial charge in [0.05, 0.1) is 0 Å². The molecule has 0 aromatic heterocycles. The third kappa shape index (κ3) is 5.09. The summed E-state index contributed by atoms with van der Waals surface area (Å²) in [6.45, 7) is 5.38. The average Bonchev–Trinajstić information content (AvgIpc) is 2.64. The van der Waals surface area contributed by atoms with Gasteiger partial charge in [-0.2, -0.15) is 0 Å². The SMILES string of the molecule is O=C(NC1CCN(CC2CCCCC2)CC1)N1CCC(CO)CC1. The predicted octanol–water partition coefficient (Wildman–Crippen LogP) is 2.45. The number of hydrogen-bond acceptors (Lipinski definition) is 3. The number of nitrogens with one attached hydrogen (secondary N) is 1. The minimum atomic E-state index is 0.108. The molecule has 0 unspecified atom stereocenters. The highest BCUT2D eigenvalue weighted by molar-refractivity contribution is 5.74. The fourth-order valence-electron chi connectivity index (χ4n) is 4.58. The fourth-order valence-corrected chi connectivity index (χ4v) is 4.58. The number of rotatable bonds is 4. The highest BCUT2D eigenvalue weighted by Crippen LogP contribution is 2.25. The lowest BCUT2D eigenvalue weighted by molar-refractivity contribution is 0.127. The quantitative estimate of drug-likeness (QED) is 0.828. The maximum Gasteiger partial charge on any atom is 0.317 e. The van der Waals surface area contributed by atoms with Gasteiger partial charge >= 0.3 is 6.03 Å². The molecule has 1 aliphatic carbocycles. The third-order valence-corrected chi connectivity index (χ3v) is 6.32. The zero-order chi connectivity index (χ0) is 16.8. The Labute approximate surface area is 146 Å². The van der Waals surface area contributed by atoms with E-state index >= 15 is 0 Å². The molecule has 2 N–H and O–H groups in total. The number of carbonyl (C=O) groups is 1. The Bertz CT molecular complexity index is 382. The Morgan fingerprint density at radius 3 is 2.17 bits per heavy atom. The monoisotopic (exact) mass is 337 g/mol. The molecule has 0 spiro atoms. The molecule has 2 amide bonds. The van der Waals surface area contributed by atoms with Crippen LogP contribution in [0.2, 0.25) is 0 Å². The van der Waals surface area contributed by atoms with Gasteiger partial charge in [-0.1, -0.05) is 19.3 Å². The summed E-state index contributed by atoms with van der Waals surface area (Å²) >= 11 is 0. The van der Waals surface area contributed by atoms with Gasteiger partial charge in [-0.3, -0.25) is 0 Å². The van der Waals surface area contributed by atoms with Gasteiger partial charge in [0, 0.05) is 45.4 Å². The van der Waals surface area contributed by atoms with Crippen molar-refractivity contribution in [1.82, 2.24) is 15.1 Å². The van der Waals surface area contributed by atoms with Crippen LogP contribution in [-0.2, 0) is 0 Å². The zero-order valence-corrected chi connectivity index (χ0v) is 15.1. The van der Waals surface area contributed by atoms with Crippen LogP contribution in [0.1, 0.15) is 57.8 Å². The molecule has 2 aliphatic heterocycles. The van der Waals surface area contributed by atoms with E-state index in [2.05, 4.69) is 10.2 Å². The summed E-state index contributed by atoms with van der Waals surface area (Å²) in [5, 5.41) is 12.4. The van der Waals surface area contributed by atoms with Gasteiger partial charge in [0.15, 0.2) is 0 Å². The molecular weight excluding hydrogens is 302 g/mol. The Kier molecular flexibility index (Phi) is 6.78. The van der Waals surface area contributed by atoms with Crippen LogP contribution >= 0.6 is 0 Å². The van der Waals surface area contributed by atoms with Crippen LogP contribution in [-0.4, -0.2) is 66.3 Å². The number of amides is 2. The molecule has 0 aromatic rings. The first-order chi connectivity index (χ1) is 11.7. The van der Waals surface area contributed by atoms with Gasteiger partial charge in [-0.05, 0) is 50.4 Å². The molecule has 2 heterocycles. The van der Waals surface area contributed by atoms with Gasteiger partial charge in [-0.25, -0.2) is 4.79 Å². The molecule has 0 bridgehead atoms. The number of aliphatic hydroxyl groups is 1. The van der Waals surface area contributed by atoms with E-state index in [1.807, 2.05) is 4.90 Å². The van der Waals surface area contributed by atoms with Crippen LogP contribution in [0.4, 0.5) is 4.79 Å². The summed E-state index contributed by atoms with van der Waals surface area (Å²) in [5.74, 6) is 1.30. The zero-order valence-electron chi connectivity index (χ0n) is 15.1. The van der Waals surface area contributed by atoms with Gasteiger partial charge in [-0.15, -0.1) is 0 Å². The Morgan fingerprint density at radius 1 is 0.875 bits per heavy atom. The smallest absolute Gasteiger partial charge is 0.317 e. The lowest BCUT2D eigenvalue weighted by atomic mass is 9.88. The molecule has 5 heteroatoms. The maximum atomic E-state index is 12.4. The van der Waals surface area contributed by atoms with E-state index in [1.54, 1.807) is 0 Å². The van der Waals surface area contributed by atoms with E-state index < -0.39 is 0 Å². The van der Waals surface area contributed by atoms with E-state index in [-0.39, 0.29) is 12.6 Å². The minimum absolute atomic E-state index is 0.108. The number of carbonyl (C=O) groups excluding carboxylic acids is 1. The van der Waals surface area contributed by atoms with E-state index in [0.29, 0.717) is 12.0 Å². The summed E-state index contributed by atoms with van der Waals surface area (Å²) < 4.78 is 0. The molecule has 3 rings (SSSR count). The molecule has 138 valence electrons. The van der Waals surface area contributed by atoms with E-state index in [9.17, 15) is 9.90 Å². The molecule has 2 saturated heterocycles. The normalized spacial score (nSPS) is 25.8. The number of hydrogen-bond donors (Lipinski definition) is 2. The molecule has 1 saturated carbocycles. The lowest BCUT2D eigenvalue weighted by Crippen LogP contribution is -2.51. The Balaban J connectivity index is 1.33. The molecular formula is C19H35N3O2.